The smallest absolute Gasteiger partial charge is 0.191 e. The van der Waals surface area contributed by atoms with E-state index in [9.17, 15) is 4.79 Å². The van der Waals surface area contributed by atoms with Crippen LogP contribution >= 0.6 is 0 Å². The second-order valence-corrected chi connectivity index (χ2v) is 21.1. The number of carbonyl (C=O) groups is 1. The van der Waals surface area contributed by atoms with Gasteiger partial charge >= 0.3 is 0 Å². The summed E-state index contributed by atoms with van der Waals surface area (Å²) in [6.45, 7) is 25.7. The zero-order valence-electron chi connectivity index (χ0n) is 20.1. The number of rotatable bonds is 10. The van der Waals surface area contributed by atoms with Gasteiger partial charge in [0.1, 0.15) is 13.5 Å². The summed E-state index contributed by atoms with van der Waals surface area (Å²) < 4.78 is 6.20. The van der Waals surface area contributed by atoms with Gasteiger partial charge in [-0.3, -0.25) is 0 Å². The fourth-order valence-electron chi connectivity index (χ4n) is 4.21. The molecule has 2 nitrogen and oxygen atoms in total. The van der Waals surface area contributed by atoms with Crippen LogP contribution in [0.3, 0.4) is 0 Å². The molecule has 0 saturated carbocycles. The fraction of sp³-hybridized carbons (Fsp3) is 0.870. The van der Waals surface area contributed by atoms with Crippen LogP contribution in [0.25, 0.3) is 0 Å². The van der Waals surface area contributed by atoms with Crippen LogP contribution in [-0.4, -0.2) is 28.4 Å². The van der Waals surface area contributed by atoms with E-state index in [4.69, 9.17) is 4.43 Å². The van der Waals surface area contributed by atoms with Crippen molar-refractivity contribution >= 4 is 21.8 Å². The van der Waals surface area contributed by atoms with Crippen LogP contribution in [0.4, 0.5) is 0 Å². The van der Waals surface area contributed by atoms with Crippen molar-refractivity contribution in [2.45, 2.75) is 123 Å². The molecule has 0 N–H and O–H groups in total. The summed E-state index contributed by atoms with van der Waals surface area (Å²) in [5.41, 5.74) is 1.41. The molecule has 27 heavy (non-hydrogen) atoms. The Morgan fingerprint density at radius 3 is 1.78 bits per heavy atom. The standard InChI is InChI=1S/C23H46O2Si2/c1-19(2)27(20(3)4,21(5)6)22(24)17-15-13-12-14-16-18-25-26(10,11)23(7,8)9/h19-21H,12,14,16-18H2,1-11H3. The Kier molecular flexibility index (Phi) is 10.8. The lowest BCUT2D eigenvalue weighted by Crippen LogP contribution is -2.52. The summed E-state index contributed by atoms with van der Waals surface area (Å²) in [5.74, 6) is 6.43. The van der Waals surface area contributed by atoms with Crippen molar-refractivity contribution in [3.8, 4) is 11.8 Å². The van der Waals surface area contributed by atoms with Crippen LogP contribution in [0.15, 0.2) is 0 Å². The van der Waals surface area contributed by atoms with E-state index in [-0.39, 0.29) is 5.04 Å². The first-order chi connectivity index (χ1) is 12.2. The van der Waals surface area contributed by atoms with Gasteiger partial charge in [0.05, 0.1) is 6.42 Å². The first-order valence-electron chi connectivity index (χ1n) is 10.8. The molecule has 0 aliphatic heterocycles. The van der Waals surface area contributed by atoms with E-state index in [0.29, 0.717) is 28.5 Å². The van der Waals surface area contributed by atoms with Crippen LogP contribution in [-0.2, 0) is 9.22 Å². The van der Waals surface area contributed by atoms with E-state index in [1.54, 1.807) is 0 Å². The van der Waals surface area contributed by atoms with Crippen molar-refractivity contribution in [1.82, 2.24) is 0 Å². The molecule has 0 fully saturated rings. The normalized spacial score (nSPS) is 13.3. The highest BCUT2D eigenvalue weighted by Gasteiger charge is 2.48. The van der Waals surface area contributed by atoms with E-state index in [0.717, 1.165) is 25.9 Å². The van der Waals surface area contributed by atoms with E-state index >= 15 is 0 Å². The minimum atomic E-state index is -2.01. The summed E-state index contributed by atoms with van der Waals surface area (Å²) in [4.78, 5) is 13.1. The Bertz CT molecular complexity index is 495. The molecule has 0 bridgehead atoms. The summed E-state index contributed by atoms with van der Waals surface area (Å²) in [5, 5.41) is 0.726. The Morgan fingerprint density at radius 2 is 1.37 bits per heavy atom. The average Bonchev–Trinajstić information content (AvgIpc) is 2.47. The van der Waals surface area contributed by atoms with Gasteiger partial charge in [0.25, 0.3) is 0 Å². The van der Waals surface area contributed by atoms with Gasteiger partial charge in [0.2, 0.25) is 0 Å². The van der Waals surface area contributed by atoms with Gasteiger partial charge in [-0.2, -0.15) is 0 Å². The zero-order chi connectivity index (χ0) is 21.5. The van der Waals surface area contributed by atoms with Crippen LogP contribution in [0.1, 0.15) is 88.0 Å². The molecule has 0 amide bonds. The third kappa shape index (κ3) is 7.18. The van der Waals surface area contributed by atoms with Gasteiger partial charge in [0.15, 0.2) is 8.32 Å². The number of hydrogen-bond donors (Lipinski definition) is 0. The molecular formula is C23H46O2Si2. The van der Waals surface area contributed by atoms with Crippen LogP contribution < -0.4 is 0 Å². The third-order valence-electron chi connectivity index (χ3n) is 6.69. The number of hydrogen-bond acceptors (Lipinski definition) is 2. The van der Waals surface area contributed by atoms with E-state index < -0.39 is 16.4 Å². The fourth-order valence-corrected chi connectivity index (χ4v) is 11.6. The minimum Gasteiger partial charge on any atom is -0.417 e. The minimum absolute atomic E-state index is 0.271. The van der Waals surface area contributed by atoms with Crippen LogP contribution in [0.2, 0.25) is 34.8 Å². The maximum atomic E-state index is 13.1. The Labute approximate surface area is 172 Å². The lowest BCUT2D eigenvalue weighted by atomic mass is 10.2. The third-order valence-corrected chi connectivity index (χ3v) is 18.1. The van der Waals surface area contributed by atoms with Crippen molar-refractivity contribution in [2.75, 3.05) is 6.61 Å². The van der Waals surface area contributed by atoms with Gasteiger partial charge in [-0.1, -0.05) is 68.2 Å². The molecule has 0 unspecified atom stereocenters. The SMILES string of the molecule is CC(C)[Si](C(=O)CC#CCCCCO[Si](C)(C)C(C)(C)C)(C(C)C)C(C)C. The van der Waals surface area contributed by atoms with Gasteiger partial charge in [0, 0.05) is 13.0 Å². The van der Waals surface area contributed by atoms with Crippen LogP contribution in [0, 0.1) is 11.8 Å². The van der Waals surface area contributed by atoms with Gasteiger partial charge < -0.3 is 9.22 Å². The second-order valence-electron chi connectivity index (χ2n) is 10.4. The zero-order valence-corrected chi connectivity index (χ0v) is 22.1. The summed E-state index contributed by atoms with van der Waals surface area (Å²) >= 11 is 0. The van der Waals surface area contributed by atoms with Crippen molar-refractivity contribution in [1.29, 1.82) is 0 Å². The molecule has 158 valence electrons. The van der Waals surface area contributed by atoms with Crippen LogP contribution in [0.5, 0.6) is 0 Å². The van der Waals surface area contributed by atoms with E-state index in [1.165, 1.54) is 0 Å². The molecule has 0 radical (unpaired) electrons. The van der Waals surface area contributed by atoms with E-state index in [1.807, 2.05) is 0 Å². The molecule has 0 spiro atoms. The van der Waals surface area contributed by atoms with Crippen molar-refractivity contribution in [3.63, 3.8) is 0 Å². The molecular weight excluding hydrogens is 364 g/mol. The number of carbonyl (C=O) groups excluding carboxylic acids is 1. The summed E-state index contributed by atoms with van der Waals surface area (Å²) in [6, 6.07) is 0. The lowest BCUT2D eigenvalue weighted by Gasteiger charge is -2.40. The molecule has 0 atom stereocenters. The molecule has 0 heterocycles. The van der Waals surface area contributed by atoms with E-state index in [2.05, 4.69) is 87.2 Å². The molecule has 0 aliphatic rings. The summed E-state index contributed by atoms with van der Waals surface area (Å²) in [7, 11) is -3.63. The van der Waals surface area contributed by atoms with Crippen molar-refractivity contribution in [3.05, 3.63) is 0 Å². The Hall–Kier alpha value is -0.376. The summed E-state index contributed by atoms with van der Waals surface area (Å²) in [6.07, 6.45) is 3.42. The topological polar surface area (TPSA) is 26.3 Å². The maximum absolute atomic E-state index is 13.1. The highest BCUT2D eigenvalue weighted by atomic mass is 28.4. The predicted molar refractivity (Wildman–Crippen MR) is 125 cm³/mol. The maximum Gasteiger partial charge on any atom is 0.191 e. The average molecular weight is 411 g/mol. The molecule has 0 rings (SSSR count). The molecule has 0 aliphatic carbocycles. The second kappa shape index (κ2) is 11.0. The highest BCUT2D eigenvalue weighted by Crippen LogP contribution is 2.42. The molecule has 0 saturated heterocycles. The molecule has 4 heteroatoms. The Morgan fingerprint density at radius 1 is 0.889 bits per heavy atom. The monoisotopic (exact) mass is 410 g/mol. The highest BCUT2D eigenvalue weighted by molar-refractivity contribution is 7.08. The molecule has 0 aromatic heterocycles. The molecule has 0 aromatic rings. The molecule has 0 aromatic carbocycles. The van der Waals surface area contributed by atoms with Crippen molar-refractivity contribution < 1.29 is 9.22 Å². The largest absolute Gasteiger partial charge is 0.417 e. The number of unbranched alkanes of at least 4 members (excludes halogenated alkanes) is 2. The first-order valence-corrected chi connectivity index (χ1v) is 16.0. The quantitative estimate of drug-likeness (QED) is 0.213. The Balaban J connectivity index is 4.49. The first kappa shape index (κ1) is 26.6. The van der Waals surface area contributed by atoms with Gasteiger partial charge in [-0.15, -0.1) is 5.92 Å². The lowest BCUT2D eigenvalue weighted by molar-refractivity contribution is -0.112. The predicted octanol–water partition coefficient (Wildman–Crippen LogP) is 7.36. The van der Waals surface area contributed by atoms with Gasteiger partial charge in [-0.25, -0.2) is 0 Å². The van der Waals surface area contributed by atoms with Gasteiger partial charge in [-0.05, 0) is 47.6 Å². The van der Waals surface area contributed by atoms with Crippen molar-refractivity contribution in [2.24, 2.45) is 0 Å².